The molecule has 0 heterocycles. The molecule has 26 heavy (non-hydrogen) atoms. The fraction of sp³-hybridized carbons (Fsp3) is 0.842. The SMILES string of the molecule is CNC(=O)COCCNC(=O)CCCCCCCCCCCCC(=O)O. The third kappa shape index (κ3) is 18.7. The second kappa shape index (κ2) is 18.2. The largest absolute Gasteiger partial charge is 0.481 e. The van der Waals surface area contributed by atoms with Gasteiger partial charge in [0, 0.05) is 26.4 Å². The Hall–Kier alpha value is -1.63. The summed E-state index contributed by atoms with van der Waals surface area (Å²) in [5, 5.41) is 13.8. The third-order valence-electron chi connectivity index (χ3n) is 4.13. The van der Waals surface area contributed by atoms with E-state index in [0.717, 1.165) is 38.5 Å². The fourth-order valence-corrected chi connectivity index (χ4v) is 2.56. The number of carboxylic acid groups (broad SMARTS) is 1. The van der Waals surface area contributed by atoms with Crippen molar-refractivity contribution in [2.45, 2.75) is 77.0 Å². The van der Waals surface area contributed by atoms with Crippen molar-refractivity contribution in [2.75, 3.05) is 26.8 Å². The Morgan fingerprint density at radius 2 is 1.27 bits per heavy atom. The number of aliphatic carboxylic acids is 1. The van der Waals surface area contributed by atoms with Gasteiger partial charge in [-0.3, -0.25) is 14.4 Å². The van der Waals surface area contributed by atoms with E-state index in [9.17, 15) is 14.4 Å². The summed E-state index contributed by atoms with van der Waals surface area (Å²) in [4.78, 5) is 32.9. The Morgan fingerprint density at radius 1 is 0.769 bits per heavy atom. The lowest BCUT2D eigenvalue weighted by molar-refractivity contribution is -0.137. The van der Waals surface area contributed by atoms with Crippen molar-refractivity contribution >= 4 is 17.8 Å². The number of nitrogens with one attached hydrogen (secondary N) is 2. The van der Waals surface area contributed by atoms with Gasteiger partial charge in [-0.25, -0.2) is 0 Å². The predicted octanol–water partition coefficient (Wildman–Crippen LogP) is 2.63. The van der Waals surface area contributed by atoms with Crippen LogP contribution in [0.25, 0.3) is 0 Å². The number of carboxylic acids is 1. The van der Waals surface area contributed by atoms with Gasteiger partial charge in [0.2, 0.25) is 11.8 Å². The normalized spacial score (nSPS) is 10.5. The summed E-state index contributed by atoms with van der Waals surface area (Å²) in [6.45, 7) is 0.798. The van der Waals surface area contributed by atoms with E-state index in [-0.39, 0.29) is 24.8 Å². The zero-order chi connectivity index (χ0) is 19.5. The molecular weight excluding hydrogens is 336 g/mol. The lowest BCUT2D eigenvalue weighted by Gasteiger charge is -2.06. The van der Waals surface area contributed by atoms with Crippen molar-refractivity contribution in [3.63, 3.8) is 0 Å². The summed E-state index contributed by atoms with van der Waals surface area (Å²) in [5.74, 6) is -0.836. The average molecular weight is 373 g/mol. The van der Waals surface area contributed by atoms with Crippen LogP contribution in [0.4, 0.5) is 0 Å². The molecule has 0 rings (SSSR count). The van der Waals surface area contributed by atoms with E-state index >= 15 is 0 Å². The van der Waals surface area contributed by atoms with E-state index in [0.29, 0.717) is 19.6 Å². The minimum absolute atomic E-state index is 0.0225. The first-order valence-corrected chi connectivity index (χ1v) is 9.83. The highest BCUT2D eigenvalue weighted by Crippen LogP contribution is 2.11. The molecule has 0 atom stereocenters. The molecule has 0 unspecified atom stereocenters. The Kier molecular flexibility index (Phi) is 17.0. The highest BCUT2D eigenvalue weighted by molar-refractivity contribution is 5.77. The number of carbonyl (C=O) groups excluding carboxylic acids is 2. The molecule has 7 nitrogen and oxygen atoms in total. The van der Waals surface area contributed by atoms with Crippen molar-refractivity contribution in [1.82, 2.24) is 10.6 Å². The number of hydrogen-bond acceptors (Lipinski definition) is 4. The molecule has 0 fully saturated rings. The predicted molar refractivity (Wildman–Crippen MR) is 101 cm³/mol. The van der Waals surface area contributed by atoms with E-state index < -0.39 is 5.97 Å². The van der Waals surface area contributed by atoms with Crippen LogP contribution in [0, 0.1) is 0 Å². The zero-order valence-corrected chi connectivity index (χ0v) is 16.2. The van der Waals surface area contributed by atoms with E-state index in [4.69, 9.17) is 9.84 Å². The fourth-order valence-electron chi connectivity index (χ4n) is 2.56. The van der Waals surface area contributed by atoms with Gasteiger partial charge in [0.05, 0.1) is 6.61 Å². The summed E-state index contributed by atoms with van der Waals surface area (Å²) < 4.78 is 5.11. The van der Waals surface area contributed by atoms with Crippen LogP contribution in [0.5, 0.6) is 0 Å². The molecule has 0 aliphatic rings. The van der Waals surface area contributed by atoms with Crippen LogP contribution < -0.4 is 10.6 Å². The molecule has 0 aromatic carbocycles. The zero-order valence-electron chi connectivity index (χ0n) is 16.2. The number of unbranched alkanes of at least 4 members (excludes halogenated alkanes) is 9. The van der Waals surface area contributed by atoms with Gasteiger partial charge < -0.3 is 20.5 Å². The maximum atomic E-state index is 11.6. The first-order valence-electron chi connectivity index (χ1n) is 9.83. The Labute approximate surface area is 157 Å². The molecule has 0 aromatic rings. The van der Waals surface area contributed by atoms with E-state index in [1.165, 1.54) is 25.7 Å². The Bertz CT molecular complexity index is 388. The molecular formula is C19H36N2O5. The van der Waals surface area contributed by atoms with E-state index in [1.54, 1.807) is 7.05 Å². The minimum atomic E-state index is -0.701. The molecule has 0 spiro atoms. The van der Waals surface area contributed by atoms with Crippen LogP contribution in [0.1, 0.15) is 77.0 Å². The smallest absolute Gasteiger partial charge is 0.303 e. The standard InChI is InChI=1S/C19H36N2O5/c1-20-18(23)16-26-15-14-21-17(22)12-10-8-6-4-2-3-5-7-9-11-13-19(24)25/h2-16H2,1H3,(H,20,23)(H,21,22)(H,24,25). The highest BCUT2D eigenvalue weighted by Gasteiger charge is 2.02. The molecule has 0 bridgehead atoms. The van der Waals surface area contributed by atoms with Crippen LogP contribution in [0.2, 0.25) is 0 Å². The molecule has 0 aromatic heterocycles. The quantitative estimate of drug-likeness (QED) is 0.321. The van der Waals surface area contributed by atoms with E-state index in [2.05, 4.69) is 10.6 Å². The Morgan fingerprint density at radius 3 is 1.77 bits per heavy atom. The summed E-state index contributed by atoms with van der Waals surface area (Å²) in [6, 6.07) is 0. The van der Waals surface area contributed by atoms with Crippen molar-refractivity contribution in [3.05, 3.63) is 0 Å². The summed E-state index contributed by atoms with van der Waals surface area (Å²) in [7, 11) is 1.55. The molecule has 0 saturated heterocycles. The molecule has 0 aliphatic heterocycles. The van der Waals surface area contributed by atoms with Gasteiger partial charge >= 0.3 is 5.97 Å². The van der Waals surface area contributed by atoms with Crippen molar-refractivity contribution in [1.29, 1.82) is 0 Å². The van der Waals surface area contributed by atoms with Crippen molar-refractivity contribution in [2.24, 2.45) is 0 Å². The number of ether oxygens (including phenoxy) is 1. The third-order valence-corrected chi connectivity index (χ3v) is 4.13. The maximum absolute atomic E-state index is 11.6. The molecule has 0 aliphatic carbocycles. The summed E-state index contributed by atoms with van der Waals surface area (Å²) >= 11 is 0. The van der Waals surface area contributed by atoms with Crippen LogP contribution in [0.15, 0.2) is 0 Å². The number of rotatable bonds is 18. The summed E-state index contributed by atoms with van der Waals surface area (Å²) in [5.41, 5.74) is 0. The van der Waals surface area contributed by atoms with Gasteiger partial charge in [0.15, 0.2) is 0 Å². The molecule has 7 heteroatoms. The van der Waals surface area contributed by atoms with Gasteiger partial charge in [-0.05, 0) is 12.8 Å². The summed E-state index contributed by atoms with van der Waals surface area (Å²) in [6.07, 6.45) is 11.7. The van der Waals surface area contributed by atoms with Crippen molar-refractivity contribution in [3.8, 4) is 0 Å². The second-order valence-electron chi connectivity index (χ2n) is 6.50. The van der Waals surface area contributed by atoms with Gasteiger partial charge in [0.1, 0.15) is 6.61 Å². The van der Waals surface area contributed by atoms with Crippen LogP contribution >= 0.6 is 0 Å². The molecule has 0 saturated carbocycles. The number of likely N-dealkylation sites (N-methyl/N-ethyl adjacent to an activating group) is 1. The first-order chi connectivity index (χ1) is 12.6. The molecule has 2 amide bonds. The first kappa shape index (κ1) is 24.4. The second-order valence-corrected chi connectivity index (χ2v) is 6.50. The molecule has 0 radical (unpaired) electrons. The molecule has 3 N–H and O–H groups in total. The van der Waals surface area contributed by atoms with Crippen LogP contribution in [0.3, 0.4) is 0 Å². The number of hydrogen-bond donors (Lipinski definition) is 3. The van der Waals surface area contributed by atoms with Gasteiger partial charge in [-0.15, -0.1) is 0 Å². The average Bonchev–Trinajstić information content (AvgIpc) is 2.61. The van der Waals surface area contributed by atoms with Crippen molar-refractivity contribution < 1.29 is 24.2 Å². The van der Waals surface area contributed by atoms with E-state index in [1.807, 2.05) is 0 Å². The maximum Gasteiger partial charge on any atom is 0.303 e. The van der Waals surface area contributed by atoms with Gasteiger partial charge in [-0.2, -0.15) is 0 Å². The van der Waals surface area contributed by atoms with Gasteiger partial charge in [-0.1, -0.05) is 51.4 Å². The van der Waals surface area contributed by atoms with Crippen LogP contribution in [-0.2, 0) is 19.1 Å². The van der Waals surface area contributed by atoms with Crippen LogP contribution in [-0.4, -0.2) is 49.7 Å². The Balaban J connectivity index is 3.21. The molecule has 152 valence electrons. The topological polar surface area (TPSA) is 105 Å². The number of carbonyl (C=O) groups is 3. The monoisotopic (exact) mass is 372 g/mol. The lowest BCUT2D eigenvalue weighted by Crippen LogP contribution is -2.29. The van der Waals surface area contributed by atoms with Gasteiger partial charge in [0.25, 0.3) is 0 Å². The highest BCUT2D eigenvalue weighted by atomic mass is 16.5. The lowest BCUT2D eigenvalue weighted by atomic mass is 10.1. The minimum Gasteiger partial charge on any atom is -0.481 e. The number of amides is 2.